The minimum Gasteiger partial charge on any atom is -0.324 e. The molecule has 19 heavy (non-hydrogen) atoms. The Morgan fingerprint density at radius 1 is 1.16 bits per heavy atom. The largest absolute Gasteiger partial charge is 0.324 e. The van der Waals surface area contributed by atoms with Crippen molar-refractivity contribution in [2.75, 3.05) is 5.32 Å². The van der Waals surface area contributed by atoms with Crippen LogP contribution in [0, 0.1) is 5.82 Å². The van der Waals surface area contributed by atoms with Crippen molar-refractivity contribution in [2.45, 2.75) is 50.6 Å². The topological polar surface area (TPSA) is 41.1 Å². The summed E-state index contributed by atoms with van der Waals surface area (Å²) in [7, 11) is 0. The molecule has 4 heteroatoms. The van der Waals surface area contributed by atoms with Gasteiger partial charge in [-0.2, -0.15) is 0 Å². The number of benzene rings is 1. The van der Waals surface area contributed by atoms with Crippen molar-refractivity contribution in [3.05, 3.63) is 29.6 Å². The van der Waals surface area contributed by atoms with Gasteiger partial charge in [-0.15, -0.1) is 0 Å². The Morgan fingerprint density at radius 3 is 2.63 bits per heavy atom. The van der Waals surface area contributed by atoms with Gasteiger partial charge in [0.25, 0.3) is 0 Å². The summed E-state index contributed by atoms with van der Waals surface area (Å²) in [4.78, 5) is 12.0. The van der Waals surface area contributed by atoms with Gasteiger partial charge in [-0.3, -0.25) is 10.1 Å². The Morgan fingerprint density at radius 2 is 1.89 bits per heavy atom. The first-order chi connectivity index (χ1) is 9.24. The third kappa shape index (κ3) is 2.63. The fourth-order valence-corrected chi connectivity index (χ4v) is 3.08. The predicted molar refractivity (Wildman–Crippen MR) is 72.4 cm³/mol. The van der Waals surface area contributed by atoms with Crippen LogP contribution in [0.4, 0.5) is 10.1 Å². The van der Waals surface area contributed by atoms with E-state index in [1.54, 1.807) is 6.07 Å². The molecule has 2 N–H and O–H groups in total. The quantitative estimate of drug-likeness (QED) is 0.804. The minimum atomic E-state index is -0.395. The first kappa shape index (κ1) is 12.6. The summed E-state index contributed by atoms with van der Waals surface area (Å²) in [6.45, 7) is 0. The monoisotopic (exact) mass is 262 g/mol. The van der Waals surface area contributed by atoms with Gasteiger partial charge in [-0.1, -0.05) is 25.7 Å². The maximum atomic E-state index is 13.3. The second kappa shape index (κ2) is 5.29. The van der Waals surface area contributed by atoms with Crippen LogP contribution in [-0.4, -0.2) is 11.9 Å². The van der Waals surface area contributed by atoms with Crippen LogP contribution in [-0.2, 0) is 4.79 Å². The highest BCUT2D eigenvalue weighted by Gasteiger charge is 2.32. The lowest BCUT2D eigenvalue weighted by molar-refractivity contribution is -0.117. The van der Waals surface area contributed by atoms with Crippen molar-refractivity contribution in [1.82, 2.24) is 5.32 Å². The van der Waals surface area contributed by atoms with E-state index in [4.69, 9.17) is 0 Å². The zero-order chi connectivity index (χ0) is 13.2. The Bertz CT molecular complexity index is 481. The molecule has 0 aromatic heterocycles. The third-order valence-corrected chi connectivity index (χ3v) is 4.10. The molecule has 102 valence electrons. The van der Waals surface area contributed by atoms with Crippen LogP contribution in [0.3, 0.4) is 0 Å². The zero-order valence-corrected chi connectivity index (χ0v) is 10.9. The number of hydrogen-bond acceptors (Lipinski definition) is 2. The van der Waals surface area contributed by atoms with Gasteiger partial charge in [0.15, 0.2) is 0 Å². The van der Waals surface area contributed by atoms with Gasteiger partial charge in [-0.25, -0.2) is 4.39 Å². The van der Waals surface area contributed by atoms with E-state index < -0.39 is 6.04 Å². The van der Waals surface area contributed by atoms with Crippen LogP contribution in [0.1, 0.15) is 50.1 Å². The summed E-state index contributed by atoms with van der Waals surface area (Å²) in [5, 5.41) is 6.22. The number of carbonyl (C=O) groups excluding carboxylic acids is 1. The summed E-state index contributed by atoms with van der Waals surface area (Å²) in [6.07, 6.45) is 7.19. The molecule has 1 amide bonds. The number of nitrogens with one attached hydrogen (secondary N) is 2. The van der Waals surface area contributed by atoms with Gasteiger partial charge < -0.3 is 5.32 Å². The van der Waals surface area contributed by atoms with E-state index in [-0.39, 0.29) is 11.7 Å². The lowest BCUT2D eigenvalue weighted by Crippen LogP contribution is -2.36. The van der Waals surface area contributed by atoms with Crippen molar-refractivity contribution in [2.24, 2.45) is 0 Å². The Hall–Kier alpha value is -1.42. The number of amides is 1. The standard InChI is InChI=1S/C15H19FN2O/c16-10-7-8-13-12(9-10)14(15(19)18-13)17-11-5-3-1-2-4-6-11/h7-9,11,14,17H,1-6H2,(H,18,19). The first-order valence-electron chi connectivity index (χ1n) is 7.10. The van der Waals surface area contributed by atoms with Crippen LogP contribution in [0.2, 0.25) is 0 Å². The smallest absolute Gasteiger partial charge is 0.246 e. The van der Waals surface area contributed by atoms with E-state index in [0.717, 1.165) is 24.1 Å². The number of hydrogen-bond donors (Lipinski definition) is 2. The molecule has 1 aromatic rings. The summed E-state index contributed by atoms with van der Waals surface area (Å²) < 4.78 is 13.3. The van der Waals surface area contributed by atoms with Crippen LogP contribution >= 0.6 is 0 Å². The molecule has 2 aliphatic rings. The fraction of sp³-hybridized carbons (Fsp3) is 0.533. The summed E-state index contributed by atoms with van der Waals surface area (Å²) in [6, 6.07) is 4.45. The van der Waals surface area contributed by atoms with Gasteiger partial charge >= 0.3 is 0 Å². The van der Waals surface area contributed by atoms with E-state index in [9.17, 15) is 9.18 Å². The summed E-state index contributed by atoms with van der Waals surface area (Å²) in [5.41, 5.74) is 1.48. The van der Waals surface area contributed by atoms with Crippen molar-refractivity contribution in [1.29, 1.82) is 0 Å². The average molecular weight is 262 g/mol. The molecule has 0 spiro atoms. The normalized spacial score (nSPS) is 23.8. The second-order valence-electron chi connectivity index (χ2n) is 5.51. The molecule has 1 aliphatic heterocycles. The number of rotatable bonds is 2. The van der Waals surface area contributed by atoms with Gasteiger partial charge in [-0.05, 0) is 31.0 Å². The highest BCUT2D eigenvalue weighted by atomic mass is 19.1. The Balaban J connectivity index is 1.77. The van der Waals surface area contributed by atoms with Crippen molar-refractivity contribution >= 4 is 11.6 Å². The lowest BCUT2D eigenvalue weighted by atomic mass is 10.0. The number of carbonyl (C=O) groups is 1. The molecule has 0 saturated heterocycles. The van der Waals surface area contributed by atoms with Gasteiger partial charge in [0.2, 0.25) is 5.91 Å². The van der Waals surface area contributed by atoms with E-state index in [1.807, 2.05) is 0 Å². The fourth-order valence-electron chi connectivity index (χ4n) is 3.08. The van der Waals surface area contributed by atoms with E-state index in [1.165, 1.54) is 37.8 Å². The maximum absolute atomic E-state index is 13.3. The molecule has 0 bridgehead atoms. The van der Waals surface area contributed by atoms with Crippen molar-refractivity contribution in [3.8, 4) is 0 Å². The van der Waals surface area contributed by atoms with Crippen molar-refractivity contribution in [3.63, 3.8) is 0 Å². The number of anilines is 1. The molecule has 3 nitrogen and oxygen atoms in total. The molecular weight excluding hydrogens is 243 g/mol. The predicted octanol–water partition coefficient (Wildman–Crippen LogP) is 3.13. The van der Waals surface area contributed by atoms with Gasteiger partial charge in [0, 0.05) is 17.3 Å². The van der Waals surface area contributed by atoms with Gasteiger partial charge in [0.1, 0.15) is 11.9 Å². The van der Waals surface area contributed by atoms with Crippen LogP contribution in [0.15, 0.2) is 18.2 Å². The molecule has 0 radical (unpaired) electrons. The molecular formula is C15H19FN2O. The molecule has 1 heterocycles. The summed E-state index contributed by atoms with van der Waals surface area (Å²) >= 11 is 0. The number of halogens is 1. The van der Waals surface area contributed by atoms with Crippen LogP contribution in [0.5, 0.6) is 0 Å². The van der Waals surface area contributed by atoms with E-state index >= 15 is 0 Å². The highest BCUT2D eigenvalue weighted by Crippen LogP contribution is 2.32. The summed E-state index contributed by atoms with van der Waals surface area (Å²) in [5.74, 6) is -0.354. The van der Waals surface area contributed by atoms with Crippen LogP contribution < -0.4 is 10.6 Å². The molecule has 1 aromatic carbocycles. The SMILES string of the molecule is O=C1Nc2ccc(F)cc2C1NC1CCCCCC1. The Labute approximate surface area is 112 Å². The third-order valence-electron chi connectivity index (χ3n) is 4.10. The second-order valence-corrected chi connectivity index (χ2v) is 5.51. The minimum absolute atomic E-state index is 0.0650. The molecule has 1 saturated carbocycles. The number of fused-ring (bicyclic) bond motifs is 1. The van der Waals surface area contributed by atoms with E-state index in [2.05, 4.69) is 10.6 Å². The molecule has 1 aliphatic carbocycles. The average Bonchev–Trinajstić information content (AvgIpc) is 2.58. The Kier molecular flexibility index (Phi) is 3.51. The molecule has 1 fully saturated rings. The van der Waals surface area contributed by atoms with E-state index in [0.29, 0.717) is 6.04 Å². The molecule has 3 rings (SSSR count). The first-order valence-corrected chi connectivity index (χ1v) is 7.10. The molecule has 1 atom stereocenters. The highest BCUT2D eigenvalue weighted by molar-refractivity contribution is 6.02. The van der Waals surface area contributed by atoms with Crippen molar-refractivity contribution < 1.29 is 9.18 Å². The van der Waals surface area contributed by atoms with Crippen LogP contribution in [0.25, 0.3) is 0 Å². The lowest BCUT2D eigenvalue weighted by Gasteiger charge is -2.20. The maximum Gasteiger partial charge on any atom is 0.246 e. The zero-order valence-electron chi connectivity index (χ0n) is 10.9. The van der Waals surface area contributed by atoms with Gasteiger partial charge in [0.05, 0.1) is 0 Å². The molecule has 1 unspecified atom stereocenters.